The van der Waals surface area contributed by atoms with Crippen molar-refractivity contribution in [2.45, 2.75) is 32.2 Å². The van der Waals surface area contributed by atoms with Crippen LogP contribution in [0.1, 0.15) is 32.0 Å². The molecule has 0 atom stereocenters. The van der Waals surface area contributed by atoms with Crippen molar-refractivity contribution in [3.63, 3.8) is 0 Å². The van der Waals surface area contributed by atoms with Crippen molar-refractivity contribution in [2.24, 2.45) is 5.41 Å². The fraction of sp³-hybridized carbons (Fsp3) is 0.261. The van der Waals surface area contributed by atoms with Gasteiger partial charge in [-0.1, -0.05) is 20.8 Å². The molecule has 0 fully saturated rings. The summed E-state index contributed by atoms with van der Waals surface area (Å²) in [7, 11) is -4.59. The third-order valence-corrected chi connectivity index (χ3v) is 6.48. The van der Waals surface area contributed by atoms with Crippen LogP contribution in [0, 0.1) is 28.4 Å². The maximum atomic E-state index is 14.4. The molecular formula is C23H22F2N4O4S. The predicted octanol–water partition coefficient (Wildman–Crippen LogP) is 4.46. The second kappa shape index (κ2) is 9.23. The average molecular weight is 489 g/mol. The molecule has 0 aliphatic rings. The van der Waals surface area contributed by atoms with Gasteiger partial charge in [0.1, 0.15) is 28.3 Å². The van der Waals surface area contributed by atoms with Crippen LogP contribution in [0.15, 0.2) is 53.7 Å². The Balaban J connectivity index is 2.21. The van der Waals surface area contributed by atoms with E-state index in [9.17, 15) is 32.4 Å². The Hall–Kier alpha value is -3.78. The number of hydrogen-bond acceptors (Lipinski definition) is 5. The molecule has 0 saturated carbocycles. The van der Waals surface area contributed by atoms with Crippen LogP contribution in [0.3, 0.4) is 0 Å². The number of halogens is 2. The molecule has 3 aromatic rings. The van der Waals surface area contributed by atoms with Crippen LogP contribution >= 0.6 is 0 Å². The first-order chi connectivity index (χ1) is 15.8. The van der Waals surface area contributed by atoms with Gasteiger partial charge in [0.25, 0.3) is 10.0 Å². The van der Waals surface area contributed by atoms with Gasteiger partial charge >= 0.3 is 6.09 Å². The van der Waals surface area contributed by atoms with Crippen molar-refractivity contribution in [3.8, 4) is 17.3 Å². The van der Waals surface area contributed by atoms with E-state index in [1.165, 1.54) is 30.6 Å². The number of carbonyl (C=O) groups is 1. The normalized spacial score (nSPS) is 11.8. The van der Waals surface area contributed by atoms with Crippen molar-refractivity contribution < 1.29 is 27.1 Å². The molecule has 3 rings (SSSR count). The van der Waals surface area contributed by atoms with Gasteiger partial charge in [-0.2, -0.15) is 5.26 Å². The molecule has 1 amide bonds. The third-order valence-electron chi connectivity index (χ3n) is 4.77. The first-order valence-corrected chi connectivity index (χ1v) is 11.5. The number of aromatic nitrogens is 2. The molecule has 0 unspecified atom stereocenters. The minimum absolute atomic E-state index is 0.00975. The van der Waals surface area contributed by atoms with Gasteiger partial charge in [0.15, 0.2) is 0 Å². The minimum atomic E-state index is -4.59. The van der Waals surface area contributed by atoms with Gasteiger partial charge in [0, 0.05) is 30.6 Å². The van der Waals surface area contributed by atoms with Crippen molar-refractivity contribution in [1.29, 1.82) is 5.26 Å². The van der Waals surface area contributed by atoms with Gasteiger partial charge in [-0.25, -0.2) is 30.9 Å². The molecule has 0 saturated heterocycles. The number of nitriles is 1. The summed E-state index contributed by atoms with van der Waals surface area (Å²) in [4.78, 5) is 16.1. The standard InChI is InChI=1S/C23H22F2N4O4S/c1-23(2,3)14-28(22(30)31)12-15-9-20(17-5-4-8-27-19(17)11-26)29(13-15)34(32,33)21-7-6-16(24)10-18(21)25/h4-10,13H,12,14H2,1-3H3,(H,30,31). The lowest BCUT2D eigenvalue weighted by Crippen LogP contribution is -2.36. The van der Waals surface area contributed by atoms with Gasteiger partial charge in [-0.3, -0.25) is 0 Å². The summed E-state index contributed by atoms with van der Waals surface area (Å²) in [5.74, 6) is -2.23. The van der Waals surface area contributed by atoms with Gasteiger partial charge in [0.2, 0.25) is 0 Å². The summed E-state index contributed by atoms with van der Waals surface area (Å²) < 4.78 is 55.4. The Kier molecular flexibility index (Phi) is 6.74. The Morgan fingerprint density at radius 2 is 1.94 bits per heavy atom. The van der Waals surface area contributed by atoms with Crippen LogP contribution < -0.4 is 0 Å². The third kappa shape index (κ3) is 5.23. The quantitative estimate of drug-likeness (QED) is 0.548. The second-order valence-corrected chi connectivity index (χ2v) is 10.6. The van der Waals surface area contributed by atoms with E-state index in [4.69, 9.17) is 0 Å². The molecule has 0 spiro atoms. The second-order valence-electron chi connectivity index (χ2n) is 8.82. The number of pyridine rings is 1. The minimum Gasteiger partial charge on any atom is -0.465 e. The Morgan fingerprint density at radius 1 is 1.24 bits per heavy atom. The van der Waals surface area contributed by atoms with E-state index >= 15 is 0 Å². The van der Waals surface area contributed by atoms with E-state index in [0.717, 1.165) is 21.0 Å². The van der Waals surface area contributed by atoms with Crippen LogP contribution in [0.2, 0.25) is 0 Å². The molecule has 0 aliphatic heterocycles. The molecule has 11 heteroatoms. The van der Waals surface area contributed by atoms with E-state index < -0.39 is 32.6 Å². The zero-order chi connectivity index (χ0) is 25.3. The summed E-state index contributed by atoms with van der Waals surface area (Å²) in [6.07, 6.45) is 1.33. The van der Waals surface area contributed by atoms with Gasteiger partial charge in [-0.15, -0.1) is 0 Å². The molecule has 8 nitrogen and oxygen atoms in total. The summed E-state index contributed by atoms with van der Waals surface area (Å²) in [6, 6.07) is 8.35. The number of rotatable bonds is 6. The van der Waals surface area contributed by atoms with E-state index in [1.807, 2.05) is 26.8 Å². The molecule has 2 aromatic heterocycles. The smallest absolute Gasteiger partial charge is 0.407 e. The number of carboxylic acid groups (broad SMARTS) is 1. The zero-order valence-electron chi connectivity index (χ0n) is 18.7. The van der Waals surface area contributed by atoms with E-state index in [1.54, 1.807) is 0 Å². The molecule has 0 radical (unpaired) electrons. The van der Waals surface area contributed by atoms with Gasteiger partial charge < -0.3 is 10.0 Å². The largest absolute Gasteiger partial charge is 0.465 e. The van der Waals surface area contributed by atoms with Crippen LogP contribution in [0.25, 0.3) is 11.3 Å². The number of nitrogens with zero attached hydrogens (tertiary/aromatic N) is 4. The van der Waals surface area contributed by atoms with Crippen LogP contribution in [0.4, 0.5) is 13.6 Å². The highest BCUT2D eigenvalue weighted by molar-refractivity contribution is 7.90. The topological polar surface area (TPSA) is 116 Å². The fourth-order valence-electron chi connectivity index (χ4n) is 3.45. The van der Waals surface area contributed by atoms with Gasteiger partial charge in [0.05, 0.1) is 12.2 Å². The van der Waals surface area contributed by atoms with E-state index in [2.05, 4.69) is 4.98 Å². The lowest BCUT2D eigenvalue weighted by Gasteiger charge is -2.27. The van der Waals surface area contributed by atoms with E-state index in [0.29, 0.717) is 11.6 Å². The van der Waals surface area contributed by atoms with Crippen LogP contribution in [-0.2, 0) is 16.6 Å². The molecular weight excluding hydrogens is 466 g/mol. The summed E-state index contributed by atoms with van der Waals surface area (Å²) >= 11 is 0. The lowest BCUT2D eigenvalue weighted by atomic mass is 9.96. The SMILES string of the molecule is CC(C)(C)CN(Cc1cc(-c2cccnc2C#N)n(S(=O)(=O)c2ccc(F)cc2F)c1)C(=O)O. The average Bonchev–Trinajstić information content (AvgIpc) is 3.16. The van der Waals surface area contributed by atoms with Crippen molar-refractivity contribution in [1.82, 2.24) is 13.9 Å². The fourth-order valence-corrected chi connectivity index (χ4v) is 4.90. The lowest BCUT2D eigenvalue weighted by molar-refractivity contribution is 0.123. The molecule has 0 bridgehead atoms. The molecule has 1 aromatic carbocycles. The number of amides is 1. The monoisotopic (exact) mass is 488 g/mol. The van der Waals surface area contributed by atoms with Crippen molar-refractivity contribution in [3.05, 3.63) is 71.7 Å². The number of hydrogen-bond donors (Lipinski definition) is 1. The predicted molar refractivity (Wildman–Crippen MR) is 119 cm³/mol. The van der Waals surface area contributed by atoms with Gasteiger partial charge in [-0.05, 0) is 41.3 Å². The summed E-state index contributed by atoms with van der Waals surface area (Å²) in [5, 5.41) is 19.1. The molecule has 0 aliphatic carbocycles. The molecule has 178 valence electrons. The highest BCUT2D eigenvalue weighted by Gasteiger charge is 2.28. The highest BCUT2D eigenvalue weighted by Crippen LogP contribution is 2.30. The zero-order valence-corrected chi connectivity index (χ0v) is 19.5. The Labute approximate surface area is 195 Å². The maximum absolute atomic E-state index is 14.4. The summed E-state index contributed by atoms with van der Waals surface area (Å²) in [6.45, 7) is 5.58. The molecule has 1 N–H and O–H groups in total. The summed E-state index contributed by atoms with van der Waals surface area (Å²) in [5.41, 5.74) is -0.0114. The number of benzene rings is 1. The Bertz CT molecular complexity index is 1390. The first kappa shape index (κ1) is 24.9. The maximum Gasteiger partial charge on any atom is 0.407 e. The van der Waals surface area contributed by atoms with Crippen molar-refractivity contribution >= 4 is 16.1 Å². The van der Waals surface area contributed by atoms with Crippen LogP contribution in [-0.4, -0.2) is 40.0 Å². The Morgan fingerprint density at radius 3 is 2.53 bits per heavy atom. The van der Waals surface area contributed by atoms with E-state index in [-0.39, 0.29) is 35.5 Å². The molecule has 34 heavy (non-hydrogen) atoms. The van der Waals surface area contributed by atoms with Crippen molar-refractivity contribution in [2.75, 3.05) is 6.54 Å². The van der Waals surface area contributed by atoms with Crippen LogP contribution in [0.5, 0.6) is 0 Å². The molecule has 2 heterocycles. The highest BCUT2D eigenvalue weighted by atomic mass is 32.2. The first-order valence-electron chi connectivity index (χ1n) is 10.1.